The molecule has 1 heterocycles. The maximum absolute atomic E-state index is 12.4. The standard InChI is InChI=1S/C14H20N2O2/c1-4-5-8-16-11-7-6-10(15)9-12(11)18-14(2,3)13(16)17/h6-7,9H,4-5,8,15H2,1-3H3. The van der Waals surface area contributed by atoms with Gasteiger partial charge in [0.05, 0.1) is 5.69 Å². The lowest BCUT2D eigenvalue weighted by Gasteiger charge is -2.38. The molecule has 1 aliphatic heterocycles. The quantitative estimate of drug-likeness (QED) is 0.836. The zero-order valence-electron chi connectivity index (χ0n) is 11.2. The van der Waals surface area contributed by atoms with Crippen molar-refractivity contribution in [1.29, 1.82) is 0 Å². The molecule has 1 aromatic rings. The van der Waals surface area contributed by atoms with Crippen LogP contribution in [0.25, 0.3) is 0 Å². The largest absolute Gasteiger partial charge is 0.476 e. The Balaban J connectivity index is 2.42. The van der Waals surface area contributed by atoms with Crippen molar-refractivity contribution in [2.24, 2.45) is 0 Å². The Morgan fingerprint density at radius 2 is 2.11 bits per heavy atom. The Morgan fingerprint density at radius 3 is 2.78 bits per heavy atom. The zero-order valence-corrected chi connectivity index (χ0v) is 11.2. The molecule has 2 N–H and O–H groups in total. The number of unbranched alkanes of at least 4 members (excludes halogenated alkanes) is 1. The van der Waals surface area contributed by atoms with Gasteiger partial charge in [-0.1, -0.05) is 13.3 Å². The molecule has 4 heteroatoms. The molecule has 0 fully saturated rings. The fourth-order valence-electron chi connectivity index (χ4n) is 2.13. The molecule has 1 aliphatic rings. The first-order valence-corrected chi connectivity index (χ1v) is 6.36. The van der Waals surface area contributed by atoms with Gasteiger partial charge in [0.15, 0.2) is 5.60 Å². The van der Waals surface area contributed by atoms with Crippen molar-refractivity contribution in [1.82, 2.24) is 0 Å². The van der Waals surface area contributed by atoms with Crippen molar-refractivity contribution in [3.63, 3.8) is 0 Å². The molecule has 1 amide bonds. The number of carbonyl (C=O) groups excluding carboxylic acids is 1. The van der Waals surface area contributed by atoms with Gasteiger partial charge < -0.3 is 15.4 Å². The summed E-state index contributed by atoms with van der Waals surface area (Å²) in [6.45, 7) is 6.42. The monoisotopic (exact) mass is 248 g/mol. The highest BCUT2D eigenvalue weighted by Gasteiger charge is 2.40. The number of ether oxygens (including phenoxy) is 1. The van der Waals surface area contributed by atoms with E-state index in [9.17, 15) is 4.79 Å². The van der Waals surface area contributed by atoms with Crippen LogP contribution in [0.1, 0.15) is 33.6 Å². The number of rotatable bonds is 3. The molecule has 4 nitrogen and oxygen atoms in total. The smallest absolute Gasteiger partial charge is 0.270 e. The van der Waals surface area contributed by atoms with Crippen molar-refractivity contribution < 1.29 is 9.53 Å². The van der Waals surface area contributed by atoms with Crippen molar-refractivity contribution in [2.45, 2.75) is 39.2 Å². The number of hydrogen-bond donors (Lipinski definition) is 1. The molecule has 0 radical (unpaired) electrons. The Kier molecular flexibility index (Phi) is 3.20. The zero-order chi connectivity index (χ0) is 13.3. The number of nitrogens with two attached hydrogens (primary N) is 1. The Bertz CT molecular complexity index is 469. The van der Waals surface area contributed by atoms with Crippen LogP contribution in [0, 0.1) is 0 Å². The van der Waals surface area contributed by atoms with Crippen LogP contribution in [0.3, 0.4) is 0 Å². The average molecular weight is 248 g/mol. The Morgan fingerprint density at radius 1 is 1.39 bits per heavy atom. The topological polar surface area (TPSA) is 55.6 Å². The number of anilines is 2. The molecule has 0 saturated heterocycles. The maximum Gasteiger partial charge on any atom is 0.270 e. The molecule has 0 bridgehead atoms. The van der Waals surface area contributed by atoms with Crippen LogP contribution < -0.4 is 15.4 Å². The molecule has 0 aliphatic carbocycles. The van der Waals surface area contributed by atoms with E-state index in [1.807, 2.05) is 11.0 Å². The second-order valence-corrected chi connectivity index (χ2v) is 5.15. The van der Waals surface area contributed by atoms with Gasteiger partial charge in [0.1, 0.15) is 5.75 Å². The number of amides is 1. The van der Waals surface area contributed by atoms with Crippen molar-refractivity contribution in [2.75, 3.05) is 17.2 Å². The number of fused-ring (bicyclic) bond motifs is 1. The lowest BCUT2D eigenvalue weighted by Crippen LogP contribution is -2.52. The third-order valence-electron chi connectivity index (χ3n) is 3.14. The van der Waals surface area contributed by atoms with E-state index < -0.39 is 5.60 Å². The van der Waals surface area contributed by atoms with Crippen LogP contribution in [0.2, 0.25) is 0 Å². The highest BCUT2D eigenvalue weighted by Crippen LogP contribution is 2.38. The molecule has 18 heavy (non-hydrogen) atoms. The van der Waals surface area contributed by atoms with E-state index in [2.05, 4.69) is 6.92 Å². The van der Waals surface area contributed by atoms with E-state index in [4.69, 9.17) is 10.5 Å². The molecular formula is C14H20N2O2. The number of carbonyl (C=O) groups is 1. The maximum atomic E-state index is 12.4. The number of benzene rings is 1. The van der Waals surface area contributed by atoms with Gasteiger partial charge in [-0.2, -0.15) is 0 Å². The number of nitrogens with zero attached hydrogens (tertiary/aromatic N) is 1. The summed E-state index contributed by atoms with van der Waals surface area (Å²) in [5.41, 5.74) is 6.41. The lowest BCUT2D eigenvalue weighted by molar-refractivity contribution is -0.132. The van der Waals surface area contributed by atoms with E-state index in [0.717, 1.165) is 25.1 Å². The van der Waals surface area contributed by atoms with Crippen LogP contribution >= 0.6 is 0 Å². The van der Waals surface area contributed by atoms with Gasteiger partial charge in [-0.3, -0.25) is 4.79 Å². The third-order valence-corrected chi connectivity index (χ3v) is 3.14. The van der Waals surface area contributed by atoms with Crippen molar-refractivity contribution in [3.05, 3.63) is 18.2 Å². The predicted molar refractivity (Wildman–Crippen MR) is 72.8 cm³/mol. The first kappa shape index (κ1) is 12.7. The van der Waals surface area contributed by atoms with Gasteiger partial charge in [0.25, 0.3) is 5.91 Å². The third kappa shape index (κ3) is 2.15. The summed E-state index contributed by atoms with van der Waals surface area (Å²) in [7, 11) is 0. The molecule has 98 valence electrons. The predicted octanol–water partition coefficient (Wildman–Crippen LogP) is 2.57. The van der Waals surface area contributed by atoms with E-state index in [1.165, 1.54) is 0 Å². The van der Waals surface area contributed by atoms with E-state index in [-0.39, 0.29) is 5.91 Å². The van der Waals surface area contributed by atoms with E-state index in [1.54, 1.807) is 26.0 Å². The minimum atomic E-state index is -0.825. The molecule has 1 aromatic carbocycles. The number of hydrogen-bond acceptors (Lipinski definition) is 3. The minimum absolute atomic E-state index is 0.00761. The lowest BCUT2D eigenvalue weighted by atomic mass is 10.0. The highest BCUT2D eigenvalue weighted by atomic mass is 16.5. The first-order valence-electron chi connectivity index (χ1n) is 6.36. The first-order chi connectivity index (χ1) is 8.45. The SMILES string of the molecule is CCCCN1C(=O)C(C)(C)Oc2cc(N)ccc21. The van der Waals surface area contributed by atoms with E-state index >= 15 is 0 Å². The van der Waals surface area contributed by atoms with Gasteiger partial charge in [0.2, 0.25) is 0 Å². The summed E-state index contributed by atoms with van der Waals surface area (Å²) < 4.78 is 5.75. The molecule has 0 saturated carbocycles. The Hall–Kier alpha value is -1.71. The normalized spacial score (nSPS) is 17.3. The van der Waals surface area contributed by atoms with Crippen LogP contribution in [0.4, 0.5) is 11.4 Å². The fraction of sp³-hybridized carbons (Fsp3) is 0.500. The van der Waals surface area contributed by atoms with Gasteiger partial charge in [-0.05, 0) is 32.4 Å². The van der Waals surface area contributed by atoms with Gasteiger partial charge >= 0.3 is 0 Å². The molecular weight excluding hydrogens is 228 g/mol. The summed E-state index contributed by atoms with van der Waals surface area (Å²) in [4.78, 5) is 14.2. The number of nitrogen functional groups attached to an aromatic ring is 1. The summed E-state index contributed by atoms with van der Waals surface area (Å²) in [5.74, 6) is 0.698. The van der Waals surface area contributed by atoms with Crippen molar-refractivity contribution in [3.8, 4) is 5.75 Å². The minimum Gasteiger partial charge on any atom is -0.476 e. The molecule has 0 atom stereocenters. The summed E-state index contributed by atoms with van der Waals surface area (Å²) in [5, 5.41) is 0. The average Bonchev–Trinajstić information content (AvgIpc) is 2.29. The summed E-state index contributed by atoms with van der Waals surface area (Å²) in [6, 6.07) is 5.43. The Labute approximate surface area is 108 Å². The second kappa shape index (κ2) is 4.52. The fourth-order valence-corrected chi connectivity index (χ4v) is 2.13. The van der Waals surface area contributed by atoms with Gasteiger partial charge in [-0.15, -0.1) is 0 Å². The molecule has 2 rings (SSSR count). The van der Waals surface area contributed by atoms with Crippen LogP contribution in [-0.2, 0) is 4.79 Å². The van der Waals surface area contributed by atoms with Crippen LogP contribution in [0.15, 0.2) is 18.2 Å². The van der Waals surface area contributed by atoms with E-state index in [0.29, 0.717) is 11.4 Å². The molecule has 0 aromatic heterocycles. The van der Waals surface area contributed by atoms with Gasteiger partial charge in [0, 0.05) is 18.3 Å². The second-order valence-electron chi connectivity index (χ2n) is 5.15. The molecule has 0 unspecified atom stereocenters. The van der Waals surface area contributed by atoms with Crippen LogP contribution in [0.5, 0.6) is 5.75 Å². The van der Waals surface area contributed by atoms with Crippen LogP contribution in [-0.4, -0.2) is 18.1 Å². The molecule has 0 spiro atoms. The summed E-state index contributed by atoms with van der Waals surface area (Å²) in [6.07, 6.45) is 2.03. The highest BCUT2D eigenvalue weighted by molar-refractivity contribution is 6.02. The van der Waals surface area contributed by atoms with Gasteiger partial charge in [-0.25, -0.2) is 0 Å². The summed E-state index contributed by atoms with van der Waals surface area (Å²) >= 11 is 0. The van der Waals surface area contributed by atoms with Crippen molar-refractivity contribution >= 4 is 17.3 Å².